The summed E-state index contributed by atoms with van der Waals surface area (Å²) in [6.45, 7) is 1.82. The number of benzene rings is 1. The molecule has 1 heterocycles. The molecule has 0 saturated heterocycles. The van der Waals surface area contributed by atoms with E-state index in [1.165, 1.54) is 0 Å². The summed E-state index contributed by atoms with van der Waals surface area (Å²) >= 11 is 5.88. The van der Waals surface area contributed by atoms with Gasteiger partial charge in [-0.2, -0.15) is 0 Å². The highest BCUT2D eigenvalue weighted by Gasteiger charge is 2.11. The summed E-state index contributed by atoms with van der Waals surface area (Å²) in [6.07, 6.45) is 0. The maximum absolute atomic E-state index is 8.75. The van der Waals surface area contributed by atoms with Crippen molar-refractivity contribution in [2.24, 2.45) is 10.9 Å². The number of rotatable bonds is 3. The molecule has 19 heavy (non-hydrogen) atoms. The molecule has 0 amide bonds. The van der Waals surface area contributed by atoms with Crippen LogP contribution in [-0.2, 0) is 0 Å². The topological polar surface area (TPSA) is 80.7 Å². The number of pyridine rings is 1. The van der Waals surface area contributed by atoms with E-state index in [9.17, 15) is 0 Å². The maximum Gasteiger partial charge on any atom is 0.230 e. The Bertz CT molecular complexity index is 629. The molecular formula is C13H12ClN3O2. The van der Waals surface area contributed by atoms with Crippen LogP contribution >= 0.6 is 11.6 Å². The van der Waals surface area contributed by atoms with Crippen molar-refractivity contribution in [3.05, 3.63) is 52.7 Å². The van der Waals surface area contributed by atoms with Crippen LogP contribution < -0.4 is 10.5 Å². The van der Waals surface area contributed by atoms with Crippen LogP contribution in [0.4, 0.5) is 0 Å². The van der Waals surface area contributed by atoms with Gasteiger partial charge in [0.05, 0.1) is 5.56 Å². The largest absolute Gasteiger partial charge is 0.438 e. The fraction of sp³-hybridized carbons (Fsp3) is 0.0769. The second kappa shape index (κ2) is 5.58. The highest BCUT2D eigenvalue weighted by molar-refractivity contribution is 6.30. The van der Waals surface area contributed by atoms with Gasteiger partial charge in [0.15, 0.2) is 5.84 Å². The van der Waals surface area contributed by atoms with Gasteiger partial charge < -0.3 is 15.7 Å². The summed E-state index contributed by atoms with van der Waals surface area (Å²) in [5.74, 6) is 0.722. The highest BCUT2D eigenvalue weighted by Crippen LogP contribution is 2.25. The Morgan fingerprint density at radius 1 is 1.37 bits per heavy atom. The number of ether oxygens (including phenoxy) is 1. The molecule has 98 valence electrons. The van der Waals surface area contributed by atoms with E-state index in [-0.39, 0.29) is 11.7 Å². The van der Waals surface area contributed by atoms with Crippen molar-refractivity contribution < 1.29 is 9.94 Å². The van der Waals surface area contributed by atoms with Crippen molar-refractivity contribution in [2.75, 3.05) is 0 Å². The predicted molar refractivity (Wildman–Crippen MR) is 73.0 cm³/mol. The van der Waals surface area contributed by atoms with Crippen molar-refractivity contribution in [1.29, 1.82) is 0 Å². The van der Waals surface area contributed by atoms with E-state index in [4.69, 9.17) is 27.3 Å². The third-order valence-electron chi connectivity index (χ3n) is 2.39. The van der Waals surface area contributed by atoms with Gasteiger partial charge in [-0.05, 0) is 37.3 Å². The quantitative estimate of drug-likeness (QED) is 0.391. The van der Waals surface area contributed by atoms with Crippen LogP contribution in [0.3, 0.4) is 0 Å². The second-order valence-electron chi connectivity index (χ2n) is 3.85. The fourth-order valence-electron chi connectivity index (χ4n) is 1.50. The van der Waals surface area contributed by atoms with Gasteiger partial charge in [0.2, 0.25) is 5.88 Å². The molecule has 0 aliphatic rings. The van der Waals surface area contributed by atoms with E-state index in [1.807, 2.05) is 6.92 Å². The molecule has 2 rings (SSSR count). The SMILES string of the molecule is Cc1ccc(C(N)=NO)c(Oc2cccc(Cl)c2)n1. The molecule has 3 N–H and O–H groups in total. The lowest BCUT2D eigenvalue weighted by Gasteiger charge is -2.10. The van der Waals surface area contributed by atoms with Crippen LogP contribution in [0.1, 0.15) is 11.3 Å². The molecule has 0 spiro atoms. The van der Waals surface area contributed by atoms with E-state index in [0.717, 1.165) is 5.69 Å². The fourth-order valence-corrected chi connectivity index (χ4v) is 1.68. The highest BCUT2D eigenvalue weighted by atomic mass is 35.5. The lowest BCUT2D eigenvalue weighted by Crippen LogP contribution is -2.15. The number of nitrogens with zero attached hydrogens (tertiary/aromatic N) is 2. The maximum atomic E-state index is 8.75. The smallest absolute Gasteiger partial charge is 0.230 e. The van der Waals surface area contributed by atoms with Gasteiger partial charge in [-0.1, -0.05) is 22.8 Å². The molecule has 5 nitrogen and oxygen atoms in total. The molecule has 1 aromatic heterocycles. The van der Waals surface area contributed by atoms with E-state index >= 15 is 0 Å². The number of aryl methyl sites for hydroxylation is 1. The van der Waals surface area contributed by atoms with Crippen LogP contribution in [0.25, 0.3) is 0 Å². The summed E-state index contributed by atoms with van der Waals surface area (Å²) < 4.78 is 5.63. The average Bonchev–Trinajstić information content (AvgIpc) is 2.38. The Kier molecular flexibility index (Phi) is 3.87. The molecule has 0 bridgehead atoms. The van der Waals surface area contributed by atoms with Crippen LogP contribution in [0, 0.1) is 6.92 Å². The standard InChI is InChI=1S/C13H12ClN3O2/c1-8-5-6-11(12(15)17-18)13(16-8)19-10-4-2-3-9(14)7-10/h2-7,18H,1H3,(H2,15,17). The summed E-state index contributed by atoms with van der Waals surface area (Å²) in [6, 6.07) is 10.3. The molecule has 0 radical (unpaired) electrons. The van der Waals surface area contributed by atoms with Crippen molar-refractivity contribution >= 4 is 17.4 Å². The molecule has 1 aromatic carbocycles. The number of hydrogen-bond acceptors (Lipinski definition) is 4. The number of hydrogen-bond donors (Lipinski definition) is 2. The van der Waals surface area contributed by atoms with Crippen molar-refractivity contribution in [3.8, 4) is 11.6 Å². The van der Waals surface area contributed by atoms with Gasteiger partial charge in [0.25, 0.3) is 0 Å². The second-order valence-corrected chi connectivity index (χ2v) is 4.29. The Morgan fingerprint density at radius 3 is 2.84 bits per heavy atom. The van der Waals surface area contributed by atoms with Gasteiger partial charge in [0, 0.05) is 10.7 Å². The zero-order valence-corrected chi connectivity index (χ0v) is 10.9. The number of oxime groups is 1. The van der Waals surface area contributed by atoms with E-state index < -0.39 is 0 Å². The Hall–Kier alpha value is -2.27. The molecule has 6 heteroatoms. The lowest BCUT2D eigenvalue weighted by molar-refractivity contribution is 0.318. The van der Waals surface area contributed by atoms with Crippen LogP contribution in [0.5, 0.6) is 11.6 Å². The van der Waals surface area contributed by atoms with Crippen molar-refractivity contribution in [3.63, 3.8) is 0 Å². The van der Waals surface area contributed by atoms with E-state index in [2.05, 4.69) is 10.1 Å². The molecule has 0 atom stereocenters. The first-order chi connectivity index (χ1) is 9.10. The summed E-state index contributed by atoms with van der Waals surface area (Å²) in [7, 11) is 0. The molecular weight excluding hydrogens is 266 g/mol. The first kappa shape index (κ1) is 13.2. The van der Waals surface area contributed by atoms with Crippen LogP contribution in [-0.4, -0.2) is 16.0 Å². The molecule has 0 aliphatic carbocycles. The zero-order valence-electron chi connectivity index (χ0n) is 10.2. The number of halogens is 1. The Balaban J connectivity index is 2.41. The van der Waals surface area contributed by atoms with Gasteiger partial charge >= 0.3 is 0 Å². The van der Waals surface area contributed by atoms with E-state index in [1.54, 1.807) is 36.4 Å². The number of nitrogens with two attached hydrogens (primary N) is 1. The van der Waals surface area contributed by atoms with E-state index in [0.29, 0.717) is 16.3 Å². The summed E-state index contributed by atoms with van der Waals surface area (Å²) in [5.41, 5.74) is 6.75. The lowest BCUT2D eigenvalue weighted by atomic mass is 10.2. The minimum Gasteiger partial charge on any atom is -0.438 e. The summed E-state index contributed by atoms with van der Waals surface area (Å²) in [4.78, 5) is 4.23. The molecule has 0 fully saturated rings. The minimum atomic E-state index is -0.0653. The van der Waals surface area contributed by atoms with Gasteiger partial charge in [0.1, 0.15) is 5.75 Å². The Morgan fingerprint density at radius 2 is 2.16 bits per heavy atom. The molecule has 0 aliphatic heterocycles. The zero-order chi connectivity index (χ0) is 13.8. The Labute approximate surface area is 115 Å². The molecule has 2 aromatic rings. The molecule has 0 saturated carbocycles. The van der Waals surface area contributed by atoms with Crippen LogP contribution in [0.15, 0.2) is 41.6 Å². The predicted octanol–water partition coefficient (Wildman–Crippen LogP) is 2.93. The van der Waals surface area contributed by atoms with Gasteiger partial charge in [-0.3, -0.25) is 0 Å². The molecule has 0 unspecified atom stereocenters. The first-order valence-corrected chi connectivity index (χ1v) is 5.87. The average molecular weight is 278 g/mol. The number of aromatic nitrogens is 1. The third kappa shape index (κ3) is 3.14. The minimum absolute atomic E-state index is 0.0653. The first-order valence-electron chi connectivity index (χ1n) is 5.49. The normalized spacial score (nSPS) is 11.4. The van der Waals surface area contributed by atoms with Crippen molar-refractivity contribution in [2.45, 2.75) is 6.92 Å². The van der Waals surface area contributed by atoms with Gasteiger partial charge in [-0.15, -0.1) is 0 Å². The number of amidine groups is 1. The summed E-state index contributed by atoms with van der Waals surface area (Å²) in [5, 5.41) is 12.3. The van der Waals surface area contributed by atoms with Crippen LogP contribution in [0.2, 0.25) is 5.02 Å². The monoisotopic (exact) mass is 277 g/mol. The third-order valence-corrected chi connectivity index (χ3v) is 2.63. The van der Waals surface area contributed by atoms with Gasteiger partial charge in [-0.25, -0.2) is 4.98 Å². The van der Waals surface area contributed by atoms with Crippen molar-refractivity contribution in [1.82, 2.24) is 4.98 Å².